The molecule has 2 heterocycles. The first-order valence-electron chi connectivity index (χ1n) is 8.28. The highest BCUT2D eigenvalue weighted by molar-refractivity contribution is 6.09. The molecule has 0 saturated heterocycles. The Balaban J connectivity index is 2.16. The van der Waals surface area contributed by atoms with Crippen LogP contribution < -0.4 is 21.3 Å². The van der Waals surface area contributed by atoms with E-state index in [0.29, 0.717) is 34.4 Å². The lowest BCUT2D eigenvalue weighted by atomic mass is 10.0. The van der Waals surface area contributed by atoms with Crippen LogP contribution in [0.25, 0.3) is 22.0 Å². The summed E-state index contributed by atoms with van der Waals surface area (Å²) < 4.78 is 10.3. The number of para-hydroxylation sites is 1. The van der Waals surface area contributed by atoms with E-state index in [-0.39, 0.29) is 17.8 Å². The van der Waals surface area contributed by atoms with Gasteiger partial charge in [0, 0.05) is 42.6 Å². The van der Waals surface area contributed by atoms with Gasteiger partial charge in [-0.1, -0.05) is 18.2 Å². The zero-order valence-electron chi connectivity index (χ0n) is 15.0. The fourth-order valence-corrected chi connectivity index (χ4v) is 2.91. The molecule has 2 aromatic heterocycles. The highest BCUT2D eigenvalue weighted by atomic mass is 16.5. The minimum absolute atomic E-state index is 0.117. The molecule has 8 heteroatoms. The highest BCUT2D eigenvalue weighted by Gasteiger charge is 2.19. The maximum atomic E-state index is 12.6. The van der Waals surface area contributed by atoms with Crippen molar-refractivity contribution < 1.29 is 14.3 Å². The molecule has 1 amide bonds. The van der Waals surface area contributed by atoms with Crippen LogP contribution in [0.5, 0.6) is 5.75 Å². The summed E-state index contributed by atoms with van der Waals surface area (Å²) in [6.45, 7) is 0.612. The molecule has 0 bridgehead atoms. The molecule has 0 aliphatic carbocycles. The van der Waals surface area contributed by atoms with E-state index in [4.69, 9.17) is 15.2 Å². The van der Waals surface area contributed by atoms with Crippen LogP contribution in [0.2, 0.25) is 0 Å². The molecule has 140 valence electrons. The van der Waals surface area contributed by atoms with E-state index < -0.39 is 11.5 Å². The van der Waals surface area contributed by atoms with Gasteiger partial charge in [-0.25, -0.2) is 0 Å². The van der Waals surface area contributed by atoms with Gasteiger partial charge < -0.3 is 25.5 Å². The Bertz CT molecular complexity index is 1050. The van der Waals surface area contributed by atoms with Gasteiger partial charge in [0.25, 0.3) is 11.5 Å². The Morgan fingerprint density at radius 3 is 2.81 bits per heavy atom. The SMILES string of the molecule is COCCNC(=O)c1c(N)c2cccc(-c3cnccc3OC)c2[nH]c1=O. The average Bonchev–Trinajstić information content (AvgIpc) is 2.68. The summed E-state index contributed by atoms with van der Waals surface area (Å²) in [7, 11) is 3.08. The average molecular weight is 368 g/mol. The number of benzene rings is 1. The van der Waals surface area contributed by atoms with Gasteiger partial charge >= 0.3 is 0 Å². The van der Waals surface area contributed by atoms with Crippen LogP contribution >= 0.6 is 0 Å². The van der Waals surface area contributed by atoms with Gasteiger partial charge in [0.15, 0.2) is 0 Å². The fraction of sp³-hybridized carbons (Fsp3) is 0.211. The molecule has 3 aromatic rings. The van der Waals surface area contributed by atoms with Crippen LogP contribution in [-0.4, -0.2) is 43.2 Å². The Morgan fingerprint density at radius 1 is 1.26 bits per heavy atom. The maximum Gasteiger partial charge on any atom is 0.263 e. The zero-order chi connectivity index (χ0) is 19.4. The van der Waals surface area contributed by atoms with Crippen LogP contribution in [-0.2, 0) is 4.74 Å². The third kappa shape index (κ3) is 3.47. The molecule has 27 heavy (non-hydrogen) atoms. The van der Waals surface area contributed by atoms with Crippen molar-refractivity contribution in [3.63, 3.8) is 0 Å². The molecule has 0 aliphatic heterocycles. The number of hydrogen-bond acceptors (Lipinski definition) is 6. The number of nitrogens with zero attached hydrogens (tertiary/aromatic N) is 1. The number of aromatic nitrogens is 2. The van der Waals surface area contributed by atoms with Crippen LogP contribution in [0.4, 0.5) is 5.69 Å². The number of nitrogen functional groups attached to an aromatic ring is 1. The number of pyridine rings is 2. The molecule has 8 nitrogen and oxygen atoms in total. The van der Waals surface area contributed by atoms with Crippen LogP contribution in [0.1, 0.15) is 10.4 Å². The van der Waals surface area contributed by atoms with E-state index in [9.17, 15) is 9.59 Å². The summed E-state index contributed by atoms with van der Waals surface area (Å²) in [5.41, 5.74) is 7.54. The van der Waals surface area contributed by atoms with Gasteiger partial charge in [-0.05, 0) is 6.07 Å². The third-order valence-electron chi connectivity index (χ3n) is 4.20. The lowest BCUT2D eigenvalue weighted by Gasteiger charge is -2.13. The topological polar surface area (TPSA) is 119 Å². The molecule has 0 aliphatic rings. The Morgan fingerprint density at radius 2 is 2.07 bits per heavy atom. The Kier molecular flexibility index (Phi) is 5.37. The van der Waals surface area contributed by atoms with Crippen molar-refractivity contribution in [2.45, 2.75) is 0 Å². The first-order chi connectivity index (χ1) is 13.1. The maximum absolute atomic E-state index is 12.6. The molecular formula is C19H20N4O4. The van der Waals surface area contributed by atoms with Gasteiger partial charge in [-0.15, -0.1) is 0 Å². The number of methoxy groups -OCH3 is 2. The van der Waals surface area contributed by atoms with E-state index >= 15 is 0 Å². The number of hydrogen-bond donors (Lipinski definition) is 3. The van der Waals surface area contributed by atoms with Crippen molar-refractivity contribution in [3.05, 3.63) is 52.6 Å². The standard InChI is InChI=1S/C19H20N4O4/c1-26-9-8-22-18(24)15-16(20)12-5-3-4-11(17(12)23-19(15)25)13-10-21-7-6-14(13)27-2/h3-7,10H,8-9H2,1-2H3,(H,22,24)(H3,20,23,25). The quantitative estimate of drug-likeness (QED) is 0.568. The molecule has 3 rings (SSSR count). The molecular weight excluding hydrogens is 348 g/mol. The van der Waals surface area contributed by atoms with E-state index in [2.05, 4.69) is 15.3 Å². The lowest BCUT2D eigenvalue weighted by Crippen LogP contribution is -2.33. The zero-order valence-corrected chi connectivity index (χ0v) is 15.0. The number of aromatic amines is 1. The van der Waals surface area contributed by atoms with Crippen molar-refractivity contribution >= 4 is 22.5 Å². The first kappa shape index (κ1) is 18.4. The number of fused-ring (bicyclic) bond motifs is 1. The number of nitrogens with one attached hydrogen (secondary N) is 2. The second kappa shape index (κ2) is 7.88. The van der Waals surface area contributed by atoms with Crippen molar-refractivity contribution in [3.8, 4) is 16.9 Å². The number of amides is 1. The normalized spacial score (nSPS) is 10.7. The molecule has 0 unspecified atom stereocenters. The third-order valence-corrected chi connectivity index (χ3v) is 4.20. The first-order valence-corrected chi connectivity index (χ1v) is 8.28. The number of nitrogens with two attached hydrogens (primary N) is 1. The van der Waals surface area contributed by atoms with Crippen molar-refractivity contribution in [1.29, 1.82) is 0 Å². The van der Waals surface area contributed by atoms with Gasteiger partial charge in [0.2, 0.25) is 0 Å². The van der Waals surface area contributed by atoms with E-state index in [0.717, 1.165) is 0 Å². The number of anilines is 1. The Hall–Kier alpha value is -3.39. The largest absolute Gasteiger partial charge is 0.496 e. The summed E-state index contributed by atoms with van der Waals surface area (Å²) in [4.78, 5) is 31.9. The van der Waals surface area contributed by atoms with Crippen LogP contribution in [0, 0.1) is 0 Å². The highest BCUT2D eigenvalue weighted by Crippen LogP contribution is 2.34. The summed E-state index contributed by atoms with van der Waals surface area (Å²) in [5, 5.41) is 3.18. The summed E-state index contributed by atoms with van der Waals surface area (Å²) in [6.07, 6.45) is 3.26. The molecule has 1 aromatic carbocycles. The fourth-order valence-electron chi connectivity index (χ4n) is 2.91. The second-order valence-corrected chi connectivity index (χ2v) is 5.80. The van der Waals surface area contributed by atoms with E-state index in [1.165, 1.54) is 7.11 Å². The van der Waals surface area contributed by atoms with Crippen molar-refractivity contribution in [1.82, 2.24) is 15.3 Å². The van der Waals surface area contributed by atoms with Crippen LogP contribution in [0.15, 0.2) is 41.5 Å². The molecule has 0 spiro atoms. The van der Waals surface area contributed by atoms with Gasteiger partial charge in [-0.3, -0.25) is 14.6 Å². The number of ether oxygens (including phenoxy) is 2. The predicted molar refractivity (Wildman–Crippen MR) is 103 cm³/mol. The number of rotatable bonds is 6. The molecule has 0 fully saturated rings. The number of carbonyl (C=O) groups is 1. The van der Waals surface area contributed by atoms with E-state index in [1.54, 1.807) is 37.7 Å². The summed E-state index contributed by atoms with van der Waals surface area (Å²) in [5.74, 6) is 0.0652. The van der Waals surface area contributed by atoms with E-state index in [1.807, 2.05) is 6.07 Å². The van der Waals surface area contributed by atoms with Crippen LogP contribution in [0.3, 0.4) is 0 Å². The van der Waals surface area contributed by atoms with Gasteiger partial charge in [0.1, 0.15) is 11.3 Å². The number of H-pyrrole nitrogens is 1. The molecule has 0 saturated carbocycles. The summed E-state index contributed by atoms with van der Waals surface area (Å²) >= 11 is 0. The Labute approximate surface area is 155 Å². The smallest absolute Gasteiger partial charge is 0.263 e. The van der Waals surface area contributed by atoms with Gasteiger partial charge in [0.05, 0.1) is 24.9 Å². The summed E-state index contributed by atoms with van der Waals surface area (Å²) in [6, 6.07) is 7.10. The molecule has 0 atom stereocenters. The van der Waals surface area contributed by atoms with Crippen molar-refractivity contribution in [2.24, 2.45) is 0 Å². The molecule has 4 N–H and O–H groups in total. The minimum atomic E-state index is -0.565. The van der Waals surface area contributed by atoms with Crippen molar-refractivity contribution in [2.75, 3.05) is 33.1 Å². The second-order valence-electron chi connectivity index (χ2n) is 5.80. The predicted octanol–water partition coefficient (Wildman–Crippen LogP) is 1.56. The monoisotopic (exact) mass is 368 g/mol. The minimum Gasteiger partial charge on any atom is -0.496 e. The number of carbonyl (C=O) groups excluding carboxylic acids is 1. The lowest BCUT2D eigenvalue weighted by molar-refractivity contribution is 0.0936. The molecule has 0 radical (unpaired) electrons. The van der Waals surface area contributed by atoms with Gasteiger partial charge in [-0.2, -0.15) is 0 Å².